The maximum atomic E-state index is 13.6. The average molecular weight is 430 g/mol. The van der Waals surface area contributed by atoms with Crippen LogP contribution in [0.5, 0.6) is 5.75 Å². The van der Waals surface area contributed by atoms with Gasteiger partial charge >= 0.3 is 0 Å². The van der Waals surface area contributed by atoms with Crippen LogP contribution in [0, 0.1) is 17.8 Å². The van der Waals surface area contributed by atoms with Gasteiger partial charge in [-0.3, -0.25) is 14.4 Å². The van der Waals surface area contributed by atoms with E-state index in [1.54, 1.807) is 33.2 Å². The monoisotopic (exact) mass is 430 g/mol. The number of nitrogens with two attached hydrogens (primary N) is 1. The van der Waals surface area contributed by atoms with Crippen LogP contribution in [0.15, 0.2) is 29.8 Å². The number of ketones is 2. The highest BCUT2D eigenvalue weighted by molar-refractivity contribution is 6.17. The van der Waals surface area contributed by atoms with Gasteiger partial charge in [-0.05, 0) is 37.7 Å². The van der Waals surface area contributed by atoms with Crippen LogP contribution in [0.25, 0.3) is 0 Å². The van der Waals surface area contributed by atoms with Crippen LogP contribution in [0.2, 0.25) is 0 Å². The third kappa shape index (κ3) is 2.74. The zero-order valence-corrected chi connectivity index (χ0v) is 17.4. The van der Waals surface area contributed by atoms with Crippen LogP contribution < -0.4 is 5.73 Å². The first-order valence-electron chi connectivity index (χ1n) is 10.1. The van der Waals surface area contributed by atoms with E-state index < -0.39 is 65.0 Å². The fourth-order valence-corrected chi connectivity index (χ4v) is 5.88. The lowest BCUT2D eigenvalue weighted by Gasteiger charge is -2.56. The van der Waals surface area contributed by atoms with E-state index in [2.05, 4.69) is 0 Å². The molecule has 6 N–H and O–H groups in total. The topological polar surface area (TPSA) is 161 Å². The summed E-state index contributed by atoms with van der Waals surface area (Å²) in [5.41, 5.74) is 3.14. The quantitative estimate of drug-likeness (QED) is 0.371. The molecule has 1 fully saturated rings. The van der Waals surface area contributed by atoms with Crippen molar-refractivity contribution in [2.24, 2.45) is 23.5 Å². The molecule has 9 nitrogen and oxygen atoms in total. The highest BCUT2D eigenvalue weighted by Gasteiger charge is 2.66. The minimum atomic E-state index is -2.39. The van der Waals surface area contributed by atoms with E-state index >= 15 is 0 Å². The van der Waals surface area contributed by atoms with Crippen molar-refractivity contribution < 1.29 is 34.8 Å². The Labute approximate surface area is 178 Å². The van der Waals surface area contributed by atoms with Crippen molar-refractivity contribution >= 4 is 17.5 Å². The minimum absolute atomic E-state index is 0.00189. The number of carbonyl (C=O) groups is 3. The van der Waals surface area contributed by atoms with E-state index in [1.807, 2.05) is 0 Å². The Balaban J connectivity index is 1.95. The molecule has 0 aliphatic heterocycles. The summed E-state index contributed by atoms with van der Waals surface area (Å²) in [7, 11) is 3.18. The highest BCUT2D eigenvalue weighted by atomic mass is 16.3. The molecule has 1 aromatic rings. The fraction of sp³-hybridized carbons (Fsp3) is 0.500. The van der Waals surface area contributed by atoms with Gasteiger partial charge in [0.2, 0.25) is 5.91 Å². The maximum absolute atomic E-state index is 13.6. The number of rotatable bonds is 2. The van der Waals surface area contributed by atoms with Crippen LogP contribution >= 0.6 is 0 Å². The molecule has 0 saturated heterocycles. The molecule has 1 amide bonds. The summed E-state index contributed by atoms with van der Waals surface area (Å²) < 4.78 is 0. The van der Waals surface area contributed by atoms with E-state index in [-0.39, 0.29) is 16.9 Å². The lowest BCUT2D eigenvalue weighted by atomic mass is 9.51. The summed E-state index contributed by atoms with van der Waals surface area (Å²) in [6, 6.07) is 3.58. The van der Waals surface area contributed by atoms with Gasteiger partial charge in [-0.25, -0.2) is 0 Å². The van der Waals surface area contributed by atoms with Crippen molar-refractivity contribution in [3.63, 3.8) is 0 Å². The molecular formula is C22H26N2O7. The Morgan fingerprint density at radius 3 is 2.42 bits per heavy atom. The number of carbonyl (C=O) groups excluding carboxylic acids is 3. The Kier molecular flexibility index (Phi) is 4.86. The van der Waals surface area contributed by atoms with Crippen LogP contribution in [0.1, 0.15) is 28.8 Å². The molecule has 4 rings (SSSR count). The van der Waals surface area contributed by atoms with Crippen molar-refractivity contribution in [1.29, 1.82) is 0 Å². The van der Waals surface area contributed by atoms with Crippen LogP contribution in [-0.4, -0.2) is 80.7 Å². The molecule has 0 radical (unpaired) electrons. The Morgan fingerprint density at radius 2 is 1.84 bits per heavy atom. The fourth-order valence-electron chi connectivity index (χ4n) is 5.88. The standard InChI is InChI=1S/C22H26N2O7/c1-8-9-5-4-6-11(25)13(9)18(27)14-12(8)19(28)15-16(24(2)3)17(26)10(21(23)30)7-22(15,31)20(14)29/h4-8,12,14-17,19,25-26,28,31H,1-3H3,(H2,23,30)/t8-,12+,14?,15+,16-,17?,19-,22-/m0/s1. The summed E-state index contributed by atoms with van der Waals surface area (Å²) in [5, 5.41) is 44.0. The van der Waals surface area contributed by atoms with Gasteiger partial charge in [0, 0.05) is 23.5 Å². The molecule has 2 unspecified atom stereocenters. The van der Waals surface area contributed by atoms with Gasteiger partial charge in [0.25, 0.3) is 0 Å². The molecule has 166 valence electrons. The van der Waals surface area contributed by atoms with Crippen LogP contribution in [-0.2, 0) is 9.59 Å². The number of hydrogen-bond acceptors (Lipinski definition) is 8. The third-order valence-corrected chi connectivity index (χ3v) is 7.27. The molecule has 0 spiro atoms. The number of likely N-dealkylation sites (N-methyl/N-ethyl adjacent to an activating group) is 1. The molecule has 3 aliphatic carbocycles. The van der Waals surface area contributed by atoms with E-state index in [9.17, 15) is 34.8 Å². The number of phenolic OH excluding ortho intramolecular Hbond substituents is 1. The summed E-state index contributed by atoms with van der Waals surface area (Å²) >= 11 is 0. The number of amides is 1. The maximum Gasteiger partial charge on any atom is 0.247 e. The summed E-state index contributed by atoms with van der Waals surface area (Å²) in [4.78, 5) is 40.4. The lowest BCUT2D eigenvalue weighted by molar-refractivity contribution is -0.179. The second-order valence-electron chi connectivity index (χ2n) is 9.02. The van der Waals surface area contributed by atoms with Crippen molar-refractivity contribution in [3.8, 4) is 5.75 Å². The molecular weight excluding hydrogens is 404 g/mol. The molecule has 0 bridgehead atoms. The van der Waals surface area contributed by atoms with Gasteiger partial charge in [-0.1, -0.05) is 19.1 Å². The zero-order chi connectivity index (χ0) is 23.0. The number of fused-ring (bicyclic) bond motifs is 3. The number of benzene rings is 1. The predicted octanol–water partition coefficient (Wildman–Crippen LogP) is -1.07. The molecule has 8 atom stereocenters. The first kappa shape index (κ1) is 21.6. The van der Waals surface area contributed by atoms with E-state index in [4.69, 9.17) is 5.73 Å². The average Bonchev–Trinajstić information content (AvgIpc) is 2.69. The number of aromatic hydroxyl groups is 1. The SMILES string of the molecule is C[C@H]1c2cccc(O)c2C(=O)C2C(=O)[C@]3(O)C=C(C(N)=O)C(O)[C@@H](N(C)C)[C@@H]3[C@@H](O)[C@@H]21. The number of aliphatic hydroxyl groups excluding tert-OH is 2. The second kappa shape index (κ2) is 6.96. The first-order chi connectivity index (χ1) is 14.4. The largest absolute Gasteiger partial charge is 0.507 e. The molecule has 3 aliphatic rings. The van der Waals surface area contributed by atoms with Gasteiger partial charge in [0.15, 0.2) is 11.6 Å². The summed E-state index contributed by atoms with van der Waals surface area (Å²) in [6.07, 6.45) is -1.91. The van der Waals surface area contributed by atoms with Gasteiger partial charge in [0.1, 0.15) is 17.5 Å². The first-order valence-corrected chi connectivity index (χ1v) is 10.1. The van der Waals surface area contributed by atoms with Crippen molar-refractivity contribution in [3.05, 3.63) is 41.0 Å². The highest BCUT2D eigenvalue weighted by Crippen LogP contribution is 2.54. The van der Waals surface area contributed by atoms with E-state index in [0.29, 0.717) is 5.56 Å². The number of hydrogen-bond donors (Lipinski definition) is 5. The van der Waals surface area contributed by atoms with Crippen molar-refractivity contribution in [2.75, 3.05) is 14.1 Å². The number of primary amides is 1. The molecule has 1 aromatic carbocycles. The normalized spacial score (nSPS) is 39.5. The van der Waals surface area contributed by atoms with Gasteiger partial charge in [0.05, 0.1) is 17.6 Å². The van der Waals surface area contributed by atoms with Crippen LogP contribution in [0.3, 0.4) is 0 Å². The summed E-state index contributed by atoms with van der Waals surface area (Å²) in [5.74, 6) is -6.85. The number of aliphatic hydroxyl groups is 3. The van der Waals surface area contributed by atoms with Crippen molar-refractivity contribution in [2.45, 2.75) is 36.7 Å². The minimum Gasteiger partial charge on any atom is -0.507 e. The molecule has 1 saturated carbocycles. The third-order valence-electron chi connectivity index (χ3n) is 7.27. The zero-order valence-electron chi connectivity index (χ0n) is 17.4. The molecule has 31 heavy (non-hydrogen) atoms. The van der Waals surface area contributed by atoms with Gasteiger partial charge in [-0.15, -0.1) is 0 Å². The number of phenols is 1. The van der Waals surface area contributed by atoms with Gasteiger partial charge in [-0.2, -0.15) is 0 Å². The molecule has 0 aromatic heterocycles. The predicted molar refractivity (Wildman–Crippen MR) is 108 cm³/mol. The molecule has 0 heterocycles. The van der Waals surface area contributed by atoms with E-state index in [0.717, 1.165) is 6.08 Å². The Hall–Kier alpha value is -2.59. The van der Waals surface area contributed by atoms with E-state index in [1.165, 1.54) is 11.0 Å². The second-order valence-corrected chi connectivity index (χ2v) is 9.02. The van der Waals surface area contributed by atoms with Crippen molar-refractivity contribution in [1.82, 2.24) is 4.90 Å². The lowest BCUT2D eigenvalue weighted by Crippen LogP contribution is -2.72. The number of nitrogens with zero attached hydrogens (tertiary/aromatic N) is 1. The smallest absolute Gasteiger partial charge is 0.247 e. The Bertz CT molecular complexity index is 1020. The Morgan fingerprint density at radius 1 is 1.19 bits per heavy atom. The van der Waals surface area contributed by atoms with Gasteiger partial charge < -0.3 is 31.1 Å². The van der Waals surface area contributed by atoms with Crippen LogP contribution in [0.4, 0.5) is 0 Å². The molecule has 9 heteroatoms. The number of Topliss-reactive ketones (excluding diaryl/α,β-unsaturated/α-hetero) is 2. The summed E-state index contributed by atoms with van der Waals surface area (Å²) in [6.45, 7) is 1.75.